The first-order valence-electron chi connectivity index (χ1n) is 9.08. The van der Waals surface area contributed by atoms with Gasteiger partial charge < -0.3 is 10.1 Å². The number of hydrogen-bond acceptors (Lipinski definition) is 7. The highest BCUT2D eigenvalue weighted by atomic mass is 16.5. The fraction of sp³-hybridized carbons (Fsp3) is 0.200. The van der Waals surface area contributed by atoms with Gasteiger partial charge in [-0.1, -0.05) is 18.2 Å². The van der Waals surface area contributed by atoms with Gasteiger partial charge in [0.15, 0.2) is 5.82 Å². The van der Waals surface area contributed by atoms with Crippen LogP contribution < -0.4 is 5.32 Å². The highest BCUT2D eigenvalue weighted by molar-refractivity contribution is 6.40. The molecule has 0 fully saturated rings. The number of aromatic nitrogens is 4. The molecule has 0 atom stereocenters. The van der Waals surface area contributed by atoms with Gasteiger partial charge in [0.2, 0.25) is 0 Å². The Balaban J connectivity index is 1.66. The standard InChI is InChI=1S/C20H17N5O4/c1-2-29-20(28)17(26)12-4-3-5-13(10-12)18-21-7-6-14(23-18)15-11-16-19(27)22-8-9-25(16)24-15/h3-7,10-11H,2,8-9H2,1H3,(H,22,27). The predicted octanol–water partition coefficient (Wildman–Crippen LogP) is 1.50. The summed E-state index contributed by atoms with van der Waals surface area (Å²) in [5.74, 6) is -1.43. The summed E-state index contributed by atoms with van der Waals surface area (Å²) in [7, 11) is 0. The second-order valence-corrected chi connectivity index (χ2v) is 6.29. The van der Waals surface area contributed by atoms with Crippen LogP contribution >= 0.6 is 0 Å². The summed E-state index contributed by atoms with van der Waals surface area (Å²) in [6.07, 6.45) is 1.58. The predicted molar refractivity (Wildman–Crippen MR) is 102 cm³/mol. The van der Waals surface area contributed by atoms with Crippen LogP contribution in [0.4, 0.5) is 0 Å². The number of nitrogens with one attached hydrogen (secondary N) is 1. The van der Waals surface area contributed by atoms with E-state index in [1.165, 1.54) is 6.07 Å². The number of rotatable bonds is 5. The monoisotopic (exact) mass is 391 g/mol. The van der Waals surface area contributed by atoms with Crippen LogP contribution in [0.3, 0.4) is 0 Å². The van der Waals surface area contributed by atoms with Gasteiger partial charge in [0.05, 0.1) is 18.8 Å². The maximum Gasteiger partial charge on any atom is 0.379 e. The molecule has 1 aliphatic rings. The number of hydrogen-bond donors (Lipinski definition) is 1. The van der Waals surface area contributed by atoms with Crippen molar-refractivity contribution < 1.29 is 19.1 Å². The highest BCUT2D eigenvalue weighted by Crippen LogP contribution is 2.22. The summed E-state index contributed by atoms with van der Waals surface area (Å²) in [6.45, 7) is 2.89. The van der Waals surface area contributed by atoms with Gasteiger partial charge in [-0.25, -0.2) is 14.8 Å². The number of carbonyl (C=O) groups excluding carboxylic acids is 3. The fourth-order valence-electron chi connectivity index (χ4n) is 3.02. The van der Waals surface area contributed by atoms with Gasteiger partial charge in [-0.15, -0.1) is 0 Å². The van der Waals surface area contributed by atoms with Crippen LogP contribution in [0.5, 0.6) is 0 Å². The van der Waals surface area contributed by atoms with Gasteiger partial charge >= 0.3 is 5.97 Å². The molecule has 1 aromatic carbocycles. The van der Waals surface area contributed by atoms with Crippen LogP contribution in [0.15, 0.2) is 42.6 Å². The quantitative estimate of drug-likeness (QED) is 0.398. The summed E-state index contributed by atoms with van der Waals surface area (Å²) in [4.78, 5) is 44.6. The minimum atomic E-state index is -0.902. The Morgan fingerprint density at radius 2 is 2.07 bits per heavy atom. The molecule has 0 radical (unpaired) electrons. The number of ether oxygens (including phenoxy) is 1. The molecule has 0 bridgehead atoms. The first kappa shape index (κ1) is 18.5. The Hall–Kier alpha value is -3.88. The molecule has 4 rings (SSSR count). The van der Waals surface area contributed by atoms with Crippen molar-refractivity contribution in [3.8, 4) is 22.8 Å². The zero-order chi connectivity index (χ0) is 20.4. The van der Waals surface area contributed by atoms with E-state index < -0.39 is 11.8 Å². The Morgan fingerprint density at radius 1 is 1.21 bits per heavy atom. The number of esters is 1. The zero-order valence-electron chi connectivity index (χ0n) is 15.6. The zero-order valence-corrected chi connectivity index (χ0v) is 15.6. The van der Waals surface area contributed by atoms with Crippen molar-refractivity contribution >= 4 is 17.7 Å². The largest absolute Gasteiger partial charge is 0.460 e. The molecule has 9 heteroatoms. The van der Waals surface area contributed by atoms with E-state index >= 15 is 0 Å². The van der Waals surface area contributed by atoms with Gasteiger partial charge in [-0.05, 0) is 25.1 Å². The third-order valence-electron chi connectivity index (χ3n) is 4.38. The smallest absolute Gasteiger partial charge is 0.379 e. The molecule has 3 aromatic rings. The Kier molecular flexibility index (Phi) is 4.86. The third-order valence-corrected chi connectivity index (χ3v) is 4.38. The molecule has 9 nitrogen and oxygen atoms in total. The van der Waals surface area contributed by atoms with Crippen molar-refractivity contribution in [3.05, 3.63) is 53.9 Å². The molecule has 1 amide bonds. The highest BCUT2D eigenvalue weighted by Gasteiger charge is 2.21. The lowest BCUT2D eigenvalue weighted by atomic mass is 10.1. The summed E-state index contributed by atoms with van der Waals surface area (Å²) in [5.41, 5.74) is 2.35. The molecular weight excluding hydrogens is 374 g/mol. The molecule has 1 N–H and O–H groups in total. The molecule has 0 aliphatic carbocycles. The average molecular weight is 391 g/mol. The van der Waals surface area contributed by atoms with E-state index in [1.54, 1.807) is 48.1 Å². The molecular formula is C20H17N5O4. The van der Waals surface area contributed by atoms with E-state index in [9.17, 15) is 14.4 Å². The molecule has 1 aliphatic heterocycles. The maximum atomic E-state index is 12.2. The van der Waals surface area contributed by atoms with Gasteiger partial charge in [0.1, 0.15) is 11.4 Å². The van der Waals surface area contributed by atoms with Crippen LogP contribution in [0.2, 0.25) is 0 Å². The molecule has 0 saturated carbocycles. The Morgan fingerprint density at radius 3 is 2.86 bits per heavy atom. The minimum Gasteiger partial charge on any atom is -0.460 e. The van der Waals surface area contributed by atoms with Crippen molar-refractivity contribution in [1.82, 2.24) is 25.1 Å². The van der Waals surface area contributed by atoms with Gasteiger partial charge in [0.25, 0.3) is 11.7 Å². The lowest BCUT2D eigenvalue weighted by Crippen LogP contribution is -2.35. The van der Waals surface area contributed by atoms with Gasteiger partial charge in [0, 0.05) is 23.9 Å². The summed E-state index contributed by atoms with van der Waals surface area (Å²) in [6, 6.07) is 9.85. The van der Waals surface area contributed by atoms with Gasteiger partial charge in [-0.2, -0.15) is 5.10 Å². The van der Waals surface area contributed by atoms with Crippen molar-refractivity contribution in [2.24, 2.45) is 0 Å². The second kappa shape index (κ2) is 7.63. The Labute approximate surface area is 165 Å². The first-order chi connectivity index (χ1) is 14.1. The van der Waals surface area contributed by atoms with Crippen LogP contribution in [-0.2, 0) is 16.1 Å². The molecule has 0 saturated heterocycles. The average Bonchev–Trinajstić information content (AvgIpc) is 3.19. The summed E-state index contributed by atoms with van der Waals surface area (Å²) in [5, 5.41) is 7.22. The van der Waals surface area contributed by atoms with Crippen molar-refractivity contribution in [1.29, 1.82) is 0 Å². The van der Waals surface area contributed by atoms with Crippen molar-refractivity contribution in [2.45, 2.75) is 13.5 Å². The van der Waals surface area contributed by atoms with Crippen LogP contribution in [0, 0.1) is 0 Å². The number of amides is 1. The molecule has 0 spiro atoms. The van der Waals surface area contributed by atoms with Crippen LogP contribution in [-0.4, -0.2) is 50.6 Å². The normalized spacial score (nSPS) is 12.8. The summed E-state index contributed by atoms with van der Waals surface area (Å²) >= 11 is 0. The second-order valence-electron chi connectivity index (χ2n) is 6.29. The minimum absolute atomic E-state index is 0.127. The van der Waals surface area contributed by atoms with E-state index in [2.05, 4.69) is 20.4 Å². The topological polar surface area (TPSA) is 116 Å². The lowest BCUT2D eigenvalue weighted by molar-refractivity contribution is -0.137. The molecule has 146 valence electrons. The van der Waals surface area contributed by atoms with E-state index in [4.69, 9.17) is 4.74 Å². The van der Waals surface area contributed by atoms with Crippen molar-refractivity contribution in [3.63, 3.8) is 0 Å². The number of Topliss-reactive ketones (excluding diaryl/α,β-unsaturated/α-hetero) is 1. The third kappa shape index (κ3) is 3.62. The molecule has 3 heterocycles. The van der Waals surface area contributed by atoms with Gasteiger partial charge in [-0.3, -0.25) is 14.3 Å². The van der Waals surface area contributed by atoms with E-state index in [0.717, 1.165) is 0 Å². The lowest BCUT2D eigenvalue weighted by Gasteiger charge is -2.13. The SMILES string of the molecule is CCOC(=O)C(=O)c1cccc(-c2nccc(-c3cc4n(n3)CCNC4=O)n2)c1. The number of carbonyl (C=O) groups is 3. The molecule has 29 heavy (non-hydrogen) atoms. The number of ketones is 1. The fourth-order valence-corrected chi connectivity index (χ4v) is 3.02. The van der Waals surface area contributed by atoms with E-state index in [0.29, 0.717) is 41.6 Å². The summed E-state index contributed by atoms with van der Waals surface area (Å²) < 4.78 is 6.41. The molecule has 2 aromatic heterocycles. The van der Waals surface area contributed by atoms with Crippen molar-refractivity contribution in [2.75, 3.05) is 13.2 Å². The Bertz CT molecular complexity index is 1120. The van der Waals surface area contributed by atoms with E-state index in [-0.39, 0.29) is 18.1 Å². The number of nitrogens with zero attached hydrogens (tertiary/aromatic N) is 4. The van der Waals surface area contributed by atoms with Crippen LogP contribution in [0.1, 0.15) is 27.8 Å². The maximum absolute atomic E-state index is 12.2. The number of fused-ring (bicyclic) bond motifs is 1. The first-order valence-corrected chi connectivity index (χ1v) is 9.08. The number of benzene rings is 1. The van der Waals surface area contributed by atoms with E-state index in [1.807, 2.05) is 0 Å². The molecule has 0 unspecified atom stereocenters. The van der Waals surface area contributed by atoms with Crippen LogP contribution in [0.25, 0.3) is 22.8 Å².